The Hall–Kier alpha value is -3.72. The highest BCUT2D eigenvalue weighted by atomic mass is 35.5. The molecule has 5 rings (SSSR count). The SMILES string of the molecule is CNc1nc(N)nc2c1C(c1ccc(-n3cnc(Cl)c3)c(OC)c1)CC2c1cc(F)cc(F)c1. The van der Waals surface area contributed by atoms with Gasteiger partial charge in [0.05, 0.1) is 18.5 Å². The van der Waals surface area contributed by atoms with Crippen LogP contribution in [-0.4, -0.2) is 33.7 Å². The van der Waals surface area contributed by atoms with Gasteiger partial charge in [-0.05, 0) is 41.8 Å². The number of methoxy groups -OCH3 is 1. The zero-order chi connectivity index (χ0) is 24.0. The van der Waals surface area contributed by atoms with Crippen molar-refractivity contribution >= 4 is 23.4 Å². The average molecular weight is 483 g/mol. The molecule has 2 atom stereocenters. The molecule has 2 unspecified atom stereocenters. The Balaban J connectivity index is 1.64. The van der Waals surface area contributed by atoms with Crippen molar-refractivity contribution in [3.05, 3.63) is 88.1 Å². The summed E-state index contributed by atoms with van der Waals surface area (Å²) in [5, 5.41) is 3.46. The lowest BCUT2D eigenvalue weighted by molar-refractivity contribution is 0.412. The van der Waals surface area contributed by atoms with Crippen LogP contribution in [0, 0.1) is 11.6 Å². The first-order valence-corrected chi connectivity index (χ1v) is 10.9. The van der Waals surface area contributed by atoms with Crippen molar-refractivity contribution in [2.45, 2.75) is 18.3 Å². The highest BCUT2D eigenvalue weighted by molar-refractivity contribution is 6.29. The molecule has 1 aliphatic rings. The van der Waals surface area contributed by atoms with E-state index >= 15 is 0 Å². The molecule has 0 spiro atoms. The molecular weight excluding hydrogens is 462 g/mol. The van der Waals surface area contributed by atoms with Gasteiger partial charge < -0.3 is 20.4 Å². The van der Waals surface area contributed by atoms with E-state index in [1.807, 2.05) is 18.2 Å². The van der Waals surface area contributed by atoms with Crippen molar-refractivity contribution in [2.24, 2.45) is 0 Å². The maximum Gasteiger partial charge on any atom is 0.222 e. The topological polar surface area (TPSA) is 90.9 Å². The molecule has 0 fully saturated rings. The smallest absolute Gasteiger partial charge is 0.222 e. The summed E-state index contributed by atoms with van der Waals surface area (Å²) in [5.41, 5.74) is 9.68. The lowest BCUT2D eigenvalue weighted by Crippen LogP contribution is -2.09. The maximum atomic E-state index is 14.1. The number of hydrogen-bond acceptors (Lipinski definition) is 6. The van der Waals surface area contributed by atoms with Crippen LogP contribution in [-0.2, 0) is 0 Å². The van der Waals surface area contributed by atoms with E-state index in [1.54, 1.807) is 31.2 Å². The predicted octanol–water partition coefficient (Wildman–Crippen LogP) is 4.89. The van der Waals surface area contributed by atoms with Crippen LogP contribution < -0.4 is 15.8 Å². The van der Waals surface area contributed by atoms with Gasteiger partial charge in [0.15, 0.2) is 0 Å². The van der Waals surface area contributed by atoms with Gasteiger partial charge in [-0.3, -0.25) is 0 Å². The third-order valence-corrected chi connectivity index (χ3v) is 6.30. The second kappa shape index (κ2) is 8.57. The second-order valence-corrected chi connectivity index (χ2v) is 8.45. The lowest BCUT2D eigenvalue weighted by Gasteiger charge is -2.18. The monoisotopic (exact) mass is 482 g/mol. The van der Waals surface area contributed by atoms with E-state index in [2.05, 4.69) is 20.3 Å². The minimum atomic E-state index is -0.638. The number of nitrogens with zero attached hydrogens (tertiary/aromatic N) is 4. The molecule has 10 heteroatoms. The molecule has 0 saturated carbocycles. The van der Waals surface area contributed by atoms with E-state index in [9.17, 15) is 8.78 Å². The number of rotatable bonds is 5. The number of fused-ring (bicyclic) bond motifs is 1. The van der Waals surface area contributed by atoms with Crippen LogP contribution in [0.3, 0.4) is 0 Å². The summed E-state index contributed by atoms with van der Waals surface area (Å²) >= 11 is 5.98. The zero-order valence-corrected chi connectivity index (χ0v) is 19.1. The van der Waals surface area contributed by atoms with Crippen LogP contribution in [0.2, 0.25) is 5.15 Å². The van der Waals surface area contributed by atoms with Gasteiger partial charge in [-0.2, -0.15) is 4.98 Å². The quantitative estimate of drug-likeness (QED) is 0.420. The number of ether oxygens (including phenoxy) is 1. The molecule has 2 aromatic carbocycles. The standard InChI is InChI=1S/C24H21ClF2N6O/c1-29-23-21-16(12-3-4-18(19(7-12)34-2)33-10-20(25)30-11-33)9-17(22(21)31-24(28)32-23)13-5-14(26)8-15(27)6-13/h3-8,10-11,16-17H,9H2,1-2H3,(H3,28,29,31,32). The maximum absolute atomic E-state index is 14.1. The molecule has 7 nitrogen and oxygen atoms in total. The van der Waals surface area contributed by atoms with E-state index in [1.165, 1.54) is 12.1 Å². The van der Waals surface area contributed by atoms with Crippen molar-refractivity contribution in [2.75, 3.05) is 25.2 Å². The number of nitrogen functional groups attached to an aromatic ring is 1. The Kier molecular flexibility index (Phi) is 5.57. The fourth-order valence-electron chi connectivity index (χ4n) is 4.70. The Morgan fingerprint density at radius 1 is 1.09 bits per heavy atom. The van der Waals surface area contributed by atoms with Crippen LogP contribution in [0.4, 0.5) is 20.5 Å². The molecule has 1 aliphatic carbocycles. The van der Waals surface area contributed by atoms with Gasteiger partial charge in [-0.1, -0.05) is 17.7 Å². The molecule has 3 N–H and O–H groups in total. The third kappa shape index (κ3) is 3.81. The highest BCUT2D eigenvalue weighted by Gasteiger charge is 2.38. The molecular formula is C24H21ClF2N6O. The number of nitrogens with one attached hydrogen (secondary N) is 1. The molecule has 0 saturated heterocycles. The number of anilines is 2. The summed E-state index contributed by atoms with van der Waals surface area (Å²) < 4.78 is 35.6. The van der Waals surface area contributed by atoms with Crippen molar-refractivity contribution in [1.29, 1.82) is 0 Å². The zero-order valence-electron chi connectivity index (χ0n) is 18.4. The van der Waals surface area contributed by atoms with E-state index in [0.717, 1.165) is 22.9 Å². The molecule has 34 heavy (non-hydrogen) atoms. The van der Waals surface area contributed by atoms with Gasteiger partial charge >= 0.3 is 0 Å². The first kappa shape index (κ1) is 22.1. The van der Waals surface area contributed by atoms with Gasteiger partial charge in [0.1, 0.15) is 34.7 Å². The molecule has 0 bridgehead atoms. The second-order valence-electron chi connectivity index (χ2n) is 8.06. The summed E-state index contributed by atoms with van der Waals surface area (Å²) in [6, 6.07) is 9.36. The number of nitrogens with two attached hydrogens (primary N) is 1. The Bertz CT molecular complexity index is 1370. The van der Waals surface area contributed by atoms with Gasteiger partial charge in [0.25, 0.3) is 0 Å². The van der Waals surface area contributed by atoms with Gasteiger partial charge in [0, 0.05) is 36.7 Å². The molecule has 0 aliphatic heterocycles. The number of aromatic nitrogens is 4. The number of halogens is 3. The normalized spacial score (nSPS) is 17.0. The summed E-state index contributed by atoms with van der Waals surface area (Å²) in [6.45, 7) is 0. The first-order chi connectivity index (χ1) is 16.4. The molecule has 4 aromatic rings. The van der Waals surface area contributed by atoms with Crippen LogP contribution in [0.15, 0.2) is 48.9 Å². The Morgan fingerprint density at radius 3 is 2.50 bits per heavy atom. The van der Waals surface area contributed by atoms with Crippen molar-refractivity contribution in [3.63, 3.8) is 0 Å². The van der Waals surface area contributed by atoms with Gasteiger partial charge in [0.2, 0.25) is 5.95 Å². The van der Waals surface area contributed by atoms with Gasteiger partial charge in [-0.25, -0.2) is 18.7 Å². The van der Waals surface area contributed by atoms with Gasteiger partial charge in [-0.15, -0.1) is 0 Å². The van der Waals surface area contributed by atoms with E-state index in [-0.39, 0.29) is 17.8 Å². The van der Waals surface area contributed by atoms with Crippen LogP contribution >= 0.6 is 11.6 Å². The summed E-state index contributed by atoms with van der Waals surface area (Å²) in [5.74, 6) is -0.506. The van der Waals surface area contributed by atoms with Crippen LogP contribution in [0.1, 0.15) is 40.6 Å². The fraction of sp³-hybridized carbons (Fsp3) is 0.208. The summed E-state index contributed by atoms with van der Waals surface area (Å²) in [7, 11) is 3.34. The minimum Gasteiger partial charge on any atom is -0.495 e. The van der Waals surface area contributed by atoms with Crippen LogP contribution in [0.25, 0.3) is 5.69 Å². The predicted molar refractivity (Wildman–Crippen MR) is 126 cm³/mol. The van der Waals surface area contributed by atoms with E-state index < -0.39 is 11.6 Å². The van der Waals surface area contributed by atoms with E-state index in [0.29, 0.717) is 34.4 Å². The summed E-state index contributed by atoms with van der Waals surface area (Å²) in [4.78, 5) is 12.9. The Labute approximate surface area is 199 Å². The van der Waals surface area contributed by atoms with Crippen molar-refractivity contribution < 1.29 is 13.5 Å². The number of imidazole rings is 1. The molecule has 0 amide bonds. The number of benzene rings is 2. The highest BCUT2D eigenvalue weighted by Crippen LogP contribution is 2.50. The largest absolute Gasteiger partial charge is 0.495 e. The fourth-order valence-corrected chi connectivity index (χ4v) is 4.85. The van der Waals surface area contributed by atoms with Crippen molar-refractivity contribution in [1.82, 2.24) is 19.5 Å². The van der Waals surface area contributed by atoms with Crippen molar-refractivity contribution in [3.8, 4) is 11.4 Å². The average Bonchev–Trinajstić information content (AvgIpc) is 3.41. The first-order valence-electron chi connectivity index (χ1n) is 10.6. The molecule has 0 radical (unpaired) electrons. The molecule has 2 heterocycles. The Morgan fingerprint density at radius 2 is 1.85 bits per heavy atom. The summed E-state index contributed by atoms with van der Waals surface area (Å²) in [6.07, 6.45) is 3.83. The van der Waals surface area contributed by atoms with E-state index in [4.69, 9.17) is 22.1 Å². The third-order valence-electron chi connectivity index (χ3n) is 6.10. The lowest BCUT2D eigenvalue weighted by atomic mass is 9.90. The molecule has 174 valence electrons. The minimum absolute atomic E-state index is 0.0931. The number of hydrogen-bond donors (Lipinski definition) is 2. The van der Waals surface area contributed by atoms with Crippen LogP contribution in [0.5, 0.6) is 5.75 Å². The molecule has 2 aromatic heterocycles.